The number of allylic oxidation sites excluding steroid dienone is 2. The summed E-state index contributed by atoms with van der Waals surface area (Å²) in [6.45, 7) is 3.06. The molecule has 3 nitrogen and oxygen atoms in total. The number of hydrogen-bond donors (Lipinski definition) is 0. The van der Waals surface area contributed by atoms with Gasteiger partial charge in [-0.2, -0.15) is 4.31 Å². The summed E-state index contributed by atoms with van der Waals surface area (Å²) in [5.41, 5.74) is 2.30. The SMILES string of the molecule is Cc1ccc(S(=O)(=O)N2CC3=CCC=CC3C2)cc1. The fourth-order valence-electron chi connectivity index (χ4n) is 2.63. The maximum Gasteiger partial charge on any atom is 0.243 e. The molecule has 1 saturated heterocycles. The third-order valence-electron chi connectivity index (χ3n) is 3.78. The average Bonchev–Trinajstić information content (AvgIpc) is 2.83. The third kappa shape index (κ3) is 2.26. The van der Waals surface area contributed by atoms with E-state index in [2.05, 4.69) is 18.2 Å². The molecule has 100 valence electrons. The molecule has 1 unspecified atom stereocenters. The fourth-order valence-corrected chi connectivity index (χ4v) is 4.08. The van der Waals surface area contributed by atoms with Gasteiger partial charge >= 0.3 is 0 Å². The Kier molecular flexibility index (Phi) is 3.07. The number of fused-ring (bicyclic) bond motifs is 1. The predicted molar refractivity (Wildman–Crippen MR) is 75.3 cm³/mol. The van der Waals surface area contributed by atoms with Crippen LogP contribution in [0.3, 0.4) is 0 Å². The van der Waals surface area contributed by atoms with Gasteiger partial charge in [0.25, 0.3) is 0 Å². The van der Waals surface area contributed by atoms with E-state index in [1.807, 2.05) is 19.1 Å². The Labute approximate surface area is 114 Å². The number of hydrogen-bond acceptors (Lipinski definition) is 2. The van der Waals surface area contributed by atoms with E-state index in [1.165, 1.54) is 5.57 Å². The zero-order chi connectivity index (χ0) is 13.5. The van der Waals surface area contributed by atoms with E-state index in [9.17, 15) is 8.42 Å². The Morgan fingerprint density at radius 3 is 2.63 bits per heavy atom. The molecule has 1 aliphatic heterocycles. The number of nitrogens with zero attached hydrogens (tertiary/aromatic N) is 1. The maximum absolute atomic E-state index is 12.6. The van der Waals surface area contributed by atoms with Gasteiger partial charge in [-0.1, -0.05) is 41.5 Å². The van der Waals surface area contributed by atoms with E-state index < -0.39 is 10.0 Å². The molecule has 4 heteroatoms. The molecule has 1 atom stereocenters. The summed E-state index contributed by atoms with van der Waals surface area (Å²) in [6.07, 6.45) is 7.30. The molecular weight excluding hydrogens is 258 g/mol. The summed E-state index contributed by atoms with van der Waals surface area (Å²) in [5, 5.41) is 0. The Bertz CT molecular complexity index is 641. The first kappa shape index (κ1) is 12.6. The zero-order valence-corrected chi connectivity index (χ0v) is 11.7. The van der Waals surface area contributed by atoms with Crippen molar-refractivity contribution in [3.05, 3.63) is 53.6 Å². The van der Waals surface area contributed by atoms with Gasteiger partial charge in [-0.15, -0.1) is 0 Å². The van der Waals surface area contributed by atoms with Crippen LogP contribution >= 0.6 is 0 Å². The normalized spacial score (nSPS) is 23.2. The molecule has 1 heterocycles. The second kappa shape index (κ2) is 4.62. The molecule has 0 amide bonds. The van der Waals surface area contributed by atoms with Crippen LogP contribution < -0.4 is 0 Å². The standard InChI is InChI=1S/C15H17NO2S/c1-12-6-8-15(9-7-12)19(17,18)16-10-13-4-2-3-5-14(13)11-16/h2,4-9,13H,3,10-11H2,1H3. The lowest BCUT2D eigenvalue weighted by molar-refractivity contribution is 0.471. The van der Waals surface area contributed by atoms with Crippen LogP contribution in [0, 0.1) is 12.8 Å². The zero-order valence-electron chi connectivity index (χ0n) is 10.9. The van der Waals surface area contributed by atoms with Crippen molar-refractivity contribution in [2.75, 3.05) is 13.1 Å². The van der Waals surface area contributed by atoms with Gasteiger partial charge in [0.1, 0.15) is 0 Å². The van der Waals surface area contributed by atoms with E-state index in [0.29, 0.717) is 18.0 Å². The van der Waals surface area contributed by atoms with Crippen molar-refractivity contribution in [1.82, 2.24) is 4.31 Å². The lowest BCUT2D eigenvalue weighted by Crippen LogP contribution is -2.28. The van der Waals surface area contributed by atoms with Crippen LogP contribution in [0.4, 0.5) is 0 Å². The minimum atomic E-state index is -3.36. The van der Waals surface area contributed by atoms with Crippen molar-refractivity contribution in [1.29, 1.82) is 0 Å². The van der Waals surface area contributed by atoms with Crippen molar-refractivity contribution < 1.29 is 8.42 Å². The summed E-state index contributed by atoms with van der Waals surface area (Å²) in [6, 6.07) is 7.07. The van der Waals surface area contributed by atoms with E-state index in [4.69, 9.17) is 0 Å². The molecule has 2 aliphatic rings. The maximum atomic E-state index is 12.6. The Hall–Kier alpha value is -1.39. The van der Waals surface area contributed by atoms with Crippen molar-refractivity contribution in [2.45, 2.75) is 18.2 Å². The molecular formula is C15H17NO2S. The minimum Gasteiger partial charge on any atom is -0.207 e. The summed E-state index contributed by atoms with van der Waals surface area (Å²) in [7, 11) is -3.36. The first-order chi connectivity index (χ1) is 9.07. The molecule has 0 radical (unpaired) electrons. The van der Waals surface area contributed by atoms with E-state index in [0.717, 1.165) is 12.0 Å². The summed E-state index contributed by atoms with van der Waals surface area (Å²) in [5.74, 6) is 0.272. The largest absolute Gasteiger partial charge is 0.243 e. The van der Waals surface area contributed by atoms with Gasteiger partial charge in [0, 0.05) is 19.0 Å². The fraction of sp³-hybridized carbons (Fsp3) is 0.333. The van der Waals surface area contributed by atoms with Gasteiger partial charge in [0.15, 0.2) is 0 Å². The highest BCUT2D eigenvalue weighted by atomic mass is 32.2. The van der Waals surface area contributed by atoms with Crippen molar-refractivity contribution >= 4 is 10.0 Å². The topological polar surface area (TPSA) is 37.4 Å². The van der Waals surface area contributed by atoms with Gasteiger partial charge in [-0.3, -0.25) is 0 Å². The first-order valence-electron chi connectivity index (χ1n) is 6.50. The van der Waals surface area contributed by atoms with Crippen LogP contribution in [0.25, 0.3) is 0 Å². The van der Waals surface area contributed by atoms with Crippen molar-refractivity contribution in [3.8, 4) is 0 Å². The van der Waals surface area contributed by atoms with Gasteiger partial charge < -0.3 is 0 Å². The van der Waals surface area contributed by atoms with Gasteiger partial charge in [-0.25, -0.2) is 8.42 Å². The number of rotatable bonds is 2. The van der Waals surface area contributed by atoms with Gasteiger partial charge in [0.2, 0.25) is 10.0 Å². The van der Waals surface area contributed by atoms with Crippen LogP contribution in [-0.4, -0.2) is 25.8 Å². The molecule has 0 aromatic heterocycles. The number of benzene rings is 1. The van der Waals surface area contributed by atoms with Crippen LogP contribution in [0.1, 0.15) is 12.0 Å². The smallest absolute Gasteiger partial charge is 0.207 e. The lowest BCUT2D eigenvalue weighted by atomic mass is 9.97. The Morgan fingerprint density at radius 1 is 1.21 bits per heavy atom. The summed E-state index contributed by atoms with van der Waals surface area (Å²) >= 11 is 0. The van der Waals surface area contributed by atoms with E-state index in [1.54, 1.807) is 16.4 Å². The Balaban J connectivity index is 1.90. The van der Waals surface area contributed by atoms with Crippen molar-refractivity contribution in [2.24, 2.45) is 5.92 Å². The van der Waals surface area contributed by atoms with Gasteiger partial charge in [0.05, 0.1) is 4.90 Å². The number of aryl methyl sites for hydroxylation is 1. The molecule has 0 bridgehead atoms. The second-order valence-corrected chi connectivity index (χ2v) is 7.10. The molecule has 3 rings (SSSR count). The first-order valence-corrected chi connectivity index (χ1v) is 7.94. The highest BCUT2D eigenvalue weighted by Crippen LogP contribution is 2.31. The Morgan fingerprint density at radius 2 is 1.95 bits per heavy atom. The van der Waals surface area contributed by atoms with Crippen LogP contribution in [-0.2, 0) is 10.0 Å². The summed E-state index contributed by atoms with van der Waals surface area (Å²) in [4.78, 5) is 0.390. The van der Waals surface area contributed by atoms with E-state index in [-0.39, 0.29) is 5.92 Å². The third-order valence-corrected chi connectivity index (χ3v) is 5.60. The molecule has 1 aromatic rings. The molecule has 0 N–H and O–H groups in total. The lowest BCUT2D eigenvalue weighted by Gasteiger charge is -2.15. The molecule has 1 aliphatic carbocycles. The van der Waals surface area contributed by atoms with Crippen LogP contribution in [0.15, 0.2) is 53.0 Å². The monoisotopic (exact) mass is 275 g/mol. The molecule has 0 spiro atoms. The summed E-state index contributed by atoms with van der Waals surface area (Å²) < 4.78 is 26.7. The molecule has 1 aromatic carbocycles. The molecule has 19 heavy (non-hydrogen) atoms. The quantitative estimate of drug-likeness (QED) is 0.778. The second-order valence-electron chi connectivity index (χ2n) is 5.16. The average molecular weight is 275 g/mol. The number of sulfonamides is 1. The van der Waals surface area contributed by atoms with Crippen molar-refractivity contribution in [3.63, 3.8) is 0 Å². The molecule has 1 fully saturated rings. The molecule has 0 saturated carbocycles. The predicted octanol–water partition coefficient (Wildman–Crippen LogP) is 2.50. The minimum absolute atomic E-state index is 0.272. The van der Waals surface area contributed by atoms with Crippen LogP contribution in [0.5, 0.6) is 0 Å². The van der Waals surface area contributed by atoms with Crippen LogP contribution in [0.2, 0.25) is 0 Å². The van der Waals surface area contributed by atoms with Gasteiger partial charge in [-0.05, 0) is 25.5 Å². The highest BCUT2D eigenvalue weighted by Gasteiger charge is 2.34. The van der Waals surface area contributed by atoms with E-state index >= 15 is 0 Å². The highest BCUT2D eigenvalue weighted by molar-refractivity contribution is 7.89.